The number of hydrogen-bond donors (Lipinski definition) is 2. The SMILES string of the molecule is CNC(=O)Cn1cnc2c([nH]c3ccc(C)cc32)c1=O. The molecule has 0 radical (unpaired) electrons. The molecule has 2 N–H and O–H groups in total. The van der Waals surface area contributed by atoms with Gasteiger partial charge in [-0.05, 0) is 19.1 Å². The minimum atomic E-state index is -0.243. The van der Waals surface area contributed by atoms with E-state index >= 15 is 0 Å². The van der Waals surface area contributed by atoms with Gasteiger partial charge in [0.25, 0.3) is 5.56 Å². The van der Waals surface area contributed by atoms with E-state index < -0.39 is 0 Å². The van der Waals surface area contributed by atoms with Crippen LogP contribution in [0.25, 0.3) is 21.9 Å². The average molecular weight is 270 g/mol. The number of benzene rings is 1. The van der Waals surface area contributed by atoms with Crippen LogP contribution in [0.3, 0.4) is 0 Å². The molecule has 0 spiro atoms. The Kier molecular flexibility index (Phi) is 2.78. The Balaban J connectivity index is 2.25. The van der Waals surface area contributed by atoms with Crippen LogP contribution in [0.4, 0.5) is 0 Å². The largest absolute Gasteiger partial charge is 0.358 e. The smallest absolute Gasteiger partial charge is 0.278 e. The topological polar surface area (TPSA) is 79.8 Å². The Morgan fingerprint density at radius 3 is 3.00 bits per heavy atom. The Labute approximate surface area is 114 Å². The van der Waals surface area contributed by atoms with E-state index in [4.69, 9.17) is 0 Å². The molecule has 0 aliphatic carbocycles. The molecule has 2 aromatic heterocycles. The molecule has 0 saturated heterocycles. The fourth-order valence-corrected chi connectivity index (χ4v) is 2.25. The zero-order chi connectivity index (χ0) is 14.3. The van der Waals surface area contributed by atoms with Crippen molar-refractivity contribution in [3.63, 3.8) is 0 Å². The number of hydrogen-bond acceptors (Lipinski definition) is 3. The summed E-state index contributed by atoms with van der Waals surface area (Å²) in [6.07, 6.45) is 1.41. The minimum absolute atomic E-state index is 0.0351. The predicted molar refractivity (Wildman–Crippen MR) is 76.7 cm³/mol. The number of aryl methyl sites for hydroxylation is 1. The van der Waals surface area contributed by atoms with E-state index in [9.17, 15) is 9.59 Å². The number of fused-ring (bicyclic) bond motifs is 3. The first-order valence-electron chi connectivity index (χ1n) is 6.28. The number of likely N-dealkylation sites (N-methyl/N-ethyl adjacent to an activating group) is 1. The third-order valence-electron chi connectivity index (χ3n) is 3.32. The summed E-state index contributed by atoms with van der Waals surface area (Å²) in [4.78, 5) is 31.1. The number of rotatable bonds is 2. The first-order valence-corrected chi connectivity index (χ1v) is 6.28. The average Bonchev–Trinajstić information content (AvgIpc) is 2.80. The molecule has 0 atom stereocenters. The lowest BCUT2D eigenvalue weighted by atomic mass is 10.2. The first-order chi connectivity index (χ1) is 9.60. The molecule has 0 saturated carbocycles. The molecule has 6 heteroatoms. The summed E-state index contributed by atoms with van der Waals surface area (Å²) in [5, 5.41) is 3.41. The van der Waals surface area contributed by atoms with Gasteiger partial charge < -0.3 is 10.3 Å². The van der Waals surface area contributed by atoms with Gasteiger partial charge in [0.1, 0.15) is 17.6 Å². The summed E-state index contributed by atoms with van der Waals surface area (Å²) in [6, 6.07) is 5.89. The lowest BCUT2D eigenvalue weighted by molar-refractivity contribution is -0.121. The number of aromatic nitrogens is 3. The zero-order valence-electron chi connectivity index (χ0n) is 11.2. The van der Waals surface area contributed by atoms with E-state index in [1.54, 1.807) is 0 Å². The molecular weight excluding hydrogens is 256 g/mol. The van der Waals surface area contributed by atoms with Crippen LogP contribution in [-0.2, 0) is 11.3 Å². The predicted octanol–water partition coefficient (Wildman–Crippen LogP) is 0.932. The number of carbonyl (C=O) groups is 1. The van der Waals surface area contributed by atoms with Crippen LogP contribution in [0.1, 0.15) is 5.56 Å². The molecule has 3 rings (SSSR count). The van der Waals surface area contributed by atoms with Crippen molar-refractivity contribution in [1.82, 2.24) is 19.9 Å². The van der Waals surface area contributed by atoms with Crippen LogP contribution < -0.4 is 10.9 Å². The number of amides is 1. The highest BCUT2D eigenvalue weighted by molar-refractivity contribution is 6.04. The van der Waals surface area contributed by atoms with Crippen LogP contribution in [0.2, 0.25) is 0 Å². The molecule has 0 fully saturated rings. The number of nitrogens with zero attached hydrogens (tertiary/aromatic N) is 2. The summed E-state index contributed by atoms with van der Waals surface area (Å²) in [6.45, 7) is 1.96. The van der Waals surface area contributed by atoms with E-state index in [1.807, 2.05) is 25.1 Å². The van der Waals surface area contributed by atoms with Gasteiger partial charge in [-0.2, -0.15) is 0 Å². The third-order valence-corrected chi connectivity index (χ3v) is 3.32. The second-order valence-electron chi connectivity index (χ2n) is 4.75. The van der Waals surface area contributed by atoms with E-state index in [1.165, 1.54) is 17.9 Å². The summed E-state index contributed by atoms with van der Waals surface area (Å²) in [7, 11) is 1.53. The van der Waals surface area contributed by atoms with E-state index in [0.29, 0.717) is 11.0 Å². The zero-order valence-corrected chi connectivity index (χ0v) is 11.2. The van der Waals surface area contributed by atoms with E-state index in [-0.39, 0.29) is 18.0 Å². The van der Waals surface area contributed by atoms with Crippen molar-refractivity contribution >= 4 is 27.8 Å². The quantitative estimate of drug-likeness (QED) is 0.727. The van der Waals surface area contributed by atoms with Crippen LogP contribution in [-0.4, -0.2) is 27.5 Å². The molecule has 3 aromatic rings. The molecule has 0 bridgehead atoms. The van der Waals surface area contributed by atoms with Crippen molar-refractivity contribution < 1.29 is 4.79 Å². The van der Waals surface area contributed by atoms with Crippen molar-refractivity contribution in [3.05, 3.63) is 40.4 Å². The maximum absolute atomic E-state index is 12.3. The van der Waals surface area contributed by atoms with Crippen molar-refractivity contribution in [2.24, 2.45) is 0 Å². The second-order valence-corrected chi connectivity index (χ2v) is 4.75. The van der Waals surface area contributed by atoms with Crippen molar-refractivity contribution in [1.29, 1.82) is 0 Å². The van der Waals surface area contributed by atoms with E-state index in [0.717, 1.165) is 16.5 Å². The van der Waals surface area contributed by atoms with Gasteiger partial charge in [-0.1, -0.05) is 11.6 Å². The monoisotopic (exact) mass is 270 g/mol. The number of H-pyrrole nitrogens is 1. The Hall–Kier alpha value is -2.63. The summed E-state index contributed by atoms with van der Waals surface area (Å²) >= 11 is 0. The fourth-order valence-electron chi connectivity index (χ4n) is 2.25. The molecule has 2 heterocycles. The van der Waals surface area contributed by atoms with Gasteiger partial charge in [0.2, 0.25) is 5.91 Å². The fraction of sp³-hybridized carbons (Fsp3) is 0.214. The molecular formula is C14H14N4O2. The van der Waals surface area contributed by atoms with Gasteiger partial charge in [0.15, 0.2) is 0 Å². The lowest BCUT2D eigenvalue weighted by Crippen LogP contribution is -2.30. The Morgan fingerprint density at radius 2 is 2.25 bits per heavy atom. The van der Waals surface area contributed by atoms with Gasteiger partial charge in [0.05, 0.1) is 6.33 Å². The van der Waals surface area contributed by atoms with Crippen molar-refractivity contribution in [2.75, 3.05) is 7.05 Å². The van der Waals surface area contributed by atoms with Gasteiger partial charge in [-0.3, -0.25) is 14.2 Å². The van der Waals surface area contributed by atoms with Crippen molar-refractivity contribution in [2.45, 2.75) is 13.5 Å². The van der Waals surface area contributed by atoms with Crippen LogP contribution in [0, 0.1) is 6.92 Å². The van der Waals surface area contributed by atoms with Gasteiger partial charge in [-0.25, -0.2) is 4.98 Å². The highest BCUT2D eigenvalue weighted by atomic mass is 16.2. The standard InChI is InChI=1S/C14H14N4O2/c1-8-3-4-10-9(5-8)12-13(17-10)14(20)18(7-16-12)6-11(19)15-2/h3-5,7,17H,6H2,1-2H3,(H,15,19). The number of nitrogens with one attached hydrogen (secondary N) is 2. The molecule has 20 heavy (non-hydrogen) atoms. The van der Waals surface area contributed by atoms with Gasteiger partial charge >= 0.3 is 0 Å². The van der Waals surface area contributed by atoms with Crippen molar-refractivity contribution in [3.8, 4) is 0 Å². The van der Waals surface area contributed by atoms with E-state index in [2.05, 4.69) is 15.3 Å². The Bertz CT molecular complexity index is 876. The molecule has 1 amide bonds. The molecule has 0 aliphatic heterocycles. The normalized spacial score (nSPS) is 11.1. The molecule has 0 unspecified atom stereocenters. The van der Waals surface area contributed by atoms with Crippen LogP contribution >= 0.6 is 0 Å². The molecule has 6 nitrogen and oxygen atoms in total. The molecule has 102 valence electrons. The van der Waals surface area contributed by atoms with Gasteiger partial charge in [0, 0.05) is 18.0 Å². The first kappa shape index (κ1) is 12.4. The van der Waals surface area contributed by atoms with Crippen LogP contribution in [0.5, 0.6) is 0 Å². The lowest BCUT2D eigenvalue weighted by Gasteiger charge is -2.03. The Morgan fingerprint density at radius 1 is 1.45 bits per heavy atom. The minimum Gasteiger partial charge on any atom is -0.358 e. The highest BCUT2D eigenvalue weighted by Crippen LogP contribution is 2.22. The number of carbonyl (C=O) groups excluding carboxylic acids is 1. The summed E-state index contributed by atoms with van der Waals surface area (Å²) in [5.41, 5.74) is 2.80. The number of aromatic amines is 1. The molecule has 0 aliphatic rings. The molecule has 1 aromatic carbocycles. The van der Waals surface area contributed by atoms with Gasteiger partial charge in [-0.15, -0.1) is 0 Å². The second kappa shape index (κ2) is 4.48. The van der Waals surface area contributed by atoms with Crippen LogP contribution in [0.15, 0.2) is 29.3 Å². The maximum atomic E-state index is 12.3. The summed E-state index contributed by atoms with van der Waals surface area (Å²) in [5.74, 6) is -0.236. The third kappa shape index (κ3) is 1.85. The highest BCUT2D eigenvalue weighted by Gasteiger charge is 2.12. The maximum Gasteiger partial charge on any atom is 0.278 e. The summed E-state index contributed by atoms with van der Waals surface area (Å²) < 4.78 is 1.30.